The first kappa shape index (κ1) is 12.6. The van der Waals surface area contributed by atoms with E-state index in [0.29, 0.717) is 0 Å². The summed E-state index contributed by atoms with van der Waals surface area (Å²) in [5.41, 5.74) is 0. The Labute approximate surface area is 105 Å². The number of hydrogen-bond donors (Lipinski definition) is 3. The summed E-state index contributed by atoms with van der Waals surface area (Å²) in [6.07, 6.45) is 0. The first-order valence-electron chi connectivity index (χ1n) is 5.58. The molecule has 3 aromatic carbocycles. The molecule has 0 radical (unpaired) electrons. The standard InChI is InChI=1S/C14H10.BH3O3/c1-2-6-12-10-14-8-4-3-7-13(14)9-11(12)5-1;2-1(3)4/h1-10H;2-4H. The van der Waals surface area contributed by atoms with Crippen LogP contribution in [0.4, 0.5) is 0 Å². The Balaban J connectivity index is 0.000000267. The maximum atomic E-state index is 7.17. The van der Waals surface area contributed by atoms with Crippen LogP contribution in [0.3, 0.4) is 0 Å². The van der Waals surface area contributed by atoms with Crippen LogP contribution in [-0.2, 0) is 0 Å². The molecule has 3 N–H and O–H groups in total. The topological polar surface area (TPSA) is 60.7 Å². The predicted molar refractivity (Wildman–Crippen MR) is 73.9 cm³/mol. The molecule has 0 amide bonds. The summed E-state index contributed by atoms with van der Waals surface area (Å²) >= 11 is 0. The fraction of sp³-hybridized carbons (Fsp3) is 0. The number of benzene rings is 3. The molecule has 0 atom stereocenters. The molecule has 0 bridgehead atoms. The van der Waals surface area contributed by atoms with Crippen LogP contribution in [0.25, 0.3) is 21.5 Å². The summed E-state index contributed by atoms with van der Waals surface area (Å²) in [4.78, 5) is 0. The van der Waals surface area contributed by atoms with Crippen LogP contribution in [0.5, 0.6) is 0 Å². The monoisotopic (exact) mass is 240 g/mol. The summed E-state index contributed by atoms with van der Waals surface area (Å²) in [6, 6.07) is 21.4. The average Bonchev–Trinajstić information content (AvgIpc) is 2.35. The Kier molecular flexibility index (Phi) is 3.94. The van der Waals surface area contributed by atoms with Crippen molar-refractivity contribution < 1.29 is 15.1 Å². The van der Waals surface area contributed by atoms with E-state index in [4.69, 9.17) is 15.1 Å². The van der Waals surface area contributed by atoms with Gasteiger partial charge in [0, 0.05) is 0 Å². The van der Waals surface area contributed by atoms with E-state index in [-0.39, 0.29) is 0 Å². The number of fused-ring (bicyclic) bond motifs is 2. The number of rotatable bonds is 0. The van der Waals surface area contributed by atoms with Gasteiger partial charge in [-0.3, -0.25) is 0 Å². The van der Waals surface area contributed by atoms with E-state index < -0.39 is 7.32 Å². The van der Waals surface area contributed by atoms with Crippen molar-refractivity contribution in [3.05, 3.63) is 60.7 Å². The van der Waals surface area contributed by atoms with Crippen molar-refractivity contribution in [2.45, 2.75) is 0 Å². The molecule has 0 unspecified atom stereocenters. The Morgan fingerprint density at radius 2 is 0.778 bits per heavy atom. The Bertz CT molecular complexity index is 545. The smallest absolute Gasteiger partial charge is 0.402 e. The fourth-order valence-electron chi connectivity index (χ4n) is 1.88. The van der Waals surface area contributed by atoms with Gasteiger partial charge in [-0.2, -0.15) is 0 Å². The Hall–Kier alpha value is -1.88. The Morgan fingerprint density at radius 3 is 1.00 bits per heavy atom. The quantitative estimate of drug-likeness (QED) is 0.415. The van der Waals surface area contributed by atoms with E-state index in [1.807, 2.05) is 0 Å². The molecule has 0 aliphatic carbocycles. The highest BCUT2D eigenvalue weighted by molar-refractivity contribution is 6.30. The lowest BCUT2D eigenvalue weighted by Crippen LogP contribution is -2.07. The van der Waals surface area contributed by atoms with Gasteiger partial charge in [0.15, 0.2) is 0 Å². The normalized spacial score (nSPS) is 9.94. The van der Waals surface area contributed by atoms with Crippen LogP contribution in [0, 0.1) is 0 Å². The molecule has 0 saturated carbocycles. The molecule has 3 aromatic rings. The minimum absolute atomic E-state index is 1.31. The van der Waals surface area contributed by atoms with Gasteiger partial charge in [0.1, 0.15) is 0 Å². The highest BCUT2D eigenvalue weighted by Gasteiger charge is 1.95. The lowest BCUT2D eigenvalue weighted by Gasteiger charge is -2.00. The van der Waals surface area contributed by atoms with Crippen molar-refractivity contribution >= 4 is 28.9 Å². The summed E-state index contributed by atoms with van der Waals surface area (Å²) in [6.45, 7) is 0. The SMILES string of the molecule is OB(O)O.c1ccc2cc3ccccc3cc2c1. The summed E-state index contributed by atoms with van der Waals surface area (Å²) in [7, 11) is -2.17. The second kappa shape index (κ2) is 5.64. The molecule has 90 valence electrons. The van der Waals surface area contributed by atoms with E-state index in [1.54, 1.807) is 0 Å². The molecule has 4 heteroatoms. The molecule has 0 aromatic heterocycles. The minimum Gasteiger partial charge on any atom is -0.402 e. The molecule has 0 fully saturated rings. The third kappa shape index (κ3) is 3.08. The molecular formula is C14H13BO3. The maximum Gasteiger partial charge on any atom is 0.631 e. The van der Waals surface area contributed by atoms with E-state index in [9.17, 15) is 0 Å². The van der Waals surface area contributed by atoms with Gasteiger partial charge in [0.2, 0.25) is 0 Å². The molecule has 0 aliphatic heterocycles. The van der Waals surface area contributed by atoms with Crippen molar-refractivity contribution in [2.24, 2.45) is 0 Å². The van der Waals surface area contributed by atoms with Crippen molar-refractivity contribution in [2.75, 3.05) is 0 Å². The molecule has 18 heavy (non-hydrogen) atoms. The van der Waals surface area contributed by atoms with Gasteiger partial charge in [-0.15, -0.1) is 0 Å². The summed E-state index contributed by atoms with van der Waals surface area (Å²) in [5, 5.41) is 26.7. The zero-order valence-electron chi connectivity index (χ0n) is 9.69. The molecule has 0 aliphatic rings. The van der Waals surface area contributed by atoms with Crippen LogP contribution in [0.1, 0.15) is 0 Å². The fourth-order valence-corrected chi connectivity index (χ4v) is 1.88. The number of hydrogen-bond acceptors (Lipinski definition) is 3. The Morgan fingerprint density at radius 1 is 0.556 bits per heavy atom. The first-order valence-corrected chi connectivity index (χ1v) is 5.58. The molecule has 0 spiro atoms. The van der Waals surface area contributed by atoms with Crippen molar-refractivity contribution in [3.8, 4) is 0 Å². The van der Waals surface area contributed by atoms with Crippen LogP contribution in [0.2, 0.25) is 0 Å². The van der Waals surface area contributed by atoms with E-state index in [0.717, 1.165) is 0 Å². The lowest BCUT2D eigenvalue weighted by molar-refractivity contribution is 0.278. The summed E-state index contributed by atoms with van der Waals surface area (Å²) < 4.78 is 0. The second-order valence-corrected chi connectivity index (χ2v) is 3.89. The molecule has 0 saturated heterocycles. The molecule has 0 heterocycles. The highest BCUT2D eigenvalue weighted by Crippen LogP contribution is 2.21. The largest absolute Gasteiger partial charge is 0.631 e. The maximum absolute atomic E-state index is 7.17. The van der Waals surface area contributed by atoms with Crippen molar-refractivity contribution in [1.29, 1.82) is 0 Å². The van der Waals surface area contributed by atoms with Crippen molar-refractivity contribution in [3.63, 3.8) is 0 Å². The average molecular weight is 240 g/mol. The highest BCUT2D eigenvalue weighted by atomic mass is 16.5. The van der Waals surface area contributed by atoms with Crippen LogP contribution >= 0.6 is 0 Å². The van der Waals surface area contributed by atoms with Gasteiger partial charge in [-0.1, -0.05) is 48.5 Å². The molecule has 3 rings (SSSR count). The zero-order valence-corrected chi connectivity index (χ0v) is 9.69. The first-order chi connectivity index (χ1) is 8.66. The predicted octanol–water partition coefficient (Wildman–Crippen LogP) is 1.94. The minimum atomic E-state index is -2.17. The van der Waals surface area contributed by atoms with Crippen LogP contribution in [0.15, 0.2) is 60.7 Å². The molecular weight excluding hydrogens is 227 g/mol. The van der Waals surface area contributed by atoms with E-state index in [2.05, 4.69) is 60.7 Å². The van der Waals surface area contributed by atoms with Gasteiger partial charge in [-0.25, -0.2) is 0 Å². The van der Waals surface area contributed by atoms with Gasteiger partial charge in [0.05, 0.1) is 0 Å². The van der Waals surface area contributed by atoms with Crippen LogP contribution in [-0.4, -0.2) is 22.4 Å². The van der Waals surface area contributed by atoms with E-state index in [1.165, 1.54) is 21.5 Å². The lowest BCUT2D eigenvalue weighted by atomic mass is 10.0. The van der Waals surface area contributed by atoms with Gasteiger partial charge in [0.25, 0.3) is 0 Å². The van der Waals surface area contributed by atoms with Crippen LogP contribution < -0.4 is 0 Å². The summed E-state index contributed by atoms with van der Waals surface area (Å²) in [5.74, 6) is 0. The molecule has 3 nitrogen and oxygen atoms in total. The van der Waals surface area contributed by atoms with E-state index >= 15 is 0 Å². The second-order valence-electron chi connectivity index (χ2n) is 3.89. The van der Waals surface area contributed by atoms with Gasteiger partial charge >= 0.3 is 7.32 Å². The third-order valence-electron chi connectivity index (χ3n) is 2.61. The zero-order chi connectivity index (χ0) is 13.0. The van der Waals surface area contributed by atoms with Gasteiger partial charge < -0.3 is 15.1 Å². The van der Waals surface area contributed by atoms with Gasteiger partial charge in [-0.05, 0) is 33.7 Å². The third-order valence-corrected chi connectivity index (χ3v) is 2.61. The van der Waals surface area contributed by atoms with Crippen molar-refractivity contribution in [1.82, 2.24) is 0 Å².